The lowest BCUT2D eigenvalue weighted by Crippen LogP contribution is -2.43. The third-order valence-electron chi connectivity index (χ3n) is 4.02. The van der Waals surface area contributed by atoms with Crippen LogP contribution in [0.5, 0.6) is 0 Å². The number of hydrogen-bond donors (Lipinski definition) is 1. The van der Waals surface area contributed by atoms with Crippen molar-refractivity contribution in [3.63, 3.8) is 0 Å². The third kappa shape index (κ3) is 3.30. The number of nitrogens with zero attached hydrogens (tertiary/aromatic N) is 4. The summed E-state index contributed by atoms with van der Waals surface area (Å²) in [5, 5.41) is 2.19. The van der Waals surface area contributed by atoms with Gasteiger partial charge in [0.05, 0.1) is 11.6 Å². The number of carbonyl (C=O) groups excluding carboxylic acids is 2. The Labute approximate surface area is 152 Å². The Hall–Kier alpha value is -2.81. The summed E-state index contributed by atoms with van der Waals surface area (Å²) in [6.07, 6.45) is 2.99. The maximum absolute atomic E-state index is 13.5. The van der Waals surface area contributed by atoms with E-state index in [9.17, 15) is 18.4 Å². The average Bonchev–Trinajstić information content (AvgIpc) is 2.95. The molecule has 1 aliphatic heterocycles. The van der Waals surface area contributed by atoms with Gasteiger partial charge in [-0.05, 0) is 17.7 Å². The minimum absolute atomic E-state index is 0.0662. The maximum atomic E-state index is 13.5. The summed E-state index contributed by atoms with van der Waals surface area (Å²) in [5.41, 5.74) is 0.231. The molecule has 26 heavy (non-hydrogen) atoms. The number of amides is 3. The van der Waals surface area contributed by atoms with Crippen LogP contribution in [-0.4, -0.2) is 46.4 Å². The van der Waals surface area contributed by atoms with Crippen molar-refractivity contribution >= 4 is 29.5 Å². The number of carbonyl (C=O) groups is 2. The van der Waals surface area contributed by atoms with Crippen molar-refractivity contribution in [1.82, 2.24) is 20.2 Å². The van der Waals surface area contributed by atoms with Gasteiger partial charge in [-0.2, -0.15) is 0 Å². The van der Waals surface area contributed by atoms with E-state index in [0.717, 1.165) is 6.07 Å². The van der Waals surface area contributed by atoms with E-state index in [1.807, 2.05) is 0 Å². The van der Waals surface area contributed by atoms with Crippen LogP contribution in [0.4, 0.5) is 19.5 Å². The lowest BCUT2D eigenvalue weighted by Gasteiger charge is -2.17. The van der Waals surface area contributed by atoms with Crippen molar-refractivity contribution in [1.29, 1.82) is 0 Å². The topological polar surface area (TPSA) is 78.4 Å². The van der Waals surface area contributed by atoms with E-state index in [1.54, 1.807) is 6.07 Å². The molecule has 0 spiro atoms. The van der Waals surface area contributed by atoms with E-state index in [4.69, 9.17) is 11.6 Å². The molecule has 0 aliphatic carbocycles. The number of nitrogens with one attached hydrogen (secondary N) is 1. The normalized spacial score (nSPS) is 16.9. The lowest BCUT2D eigenvalue weighted by atomic mass is 10.2. The molecular weight excluding hydrogens is 368 g/mol. The molecule has 1 saturated heterocycles. The fourth-order valence-electron chi connectivity index (χ4n) is 2.56. The van der Waals surface area contributed by atoms with Gasteiger partial charge in [-0.25, -0.2) is 23.5 Å². The van der Waals surface area contributed by atoms with Crippen LogP contribution in [0.3, 0.4) is 0 Å². The van der Waals surface area contributed by atoms with Crippen LogP contribution in [-0.2, 0) is 11.3 Å². The van der Waals surface area contributed by atoms with Crippen LogP contribution in [0, 0.1) is 11.6 Å². The first-order chi connectivity index (χ1) is 12.4. The van der Waals surface area contributed by atoms with Gasteiger partial charge >= 0.3 is 6.03 Å². The van der Waals surface area contributed by atoms with Gasteiger partial charge in [-0.15, -0.1) is 0 Å². The number of rotatable bonds is 4. The van der Waals surface area contributed by atoms with Crippen LogP contribution in [0.25, 0.3) is 0 Å². The SMILES string of the molecule is CN1C(=O)N(c2ncccn2)C[C@H]1C(=O)NCc1ccc(F)c(F)c1Cl. The Kier molecular flexibility index (Phi) is 4.99. The number of anilines is 1. The second-order valence-corrected chi connectivity index (χ2v) is 6.00. The standard InChI is InChI=1S/C16H14ClF2N5O2/c1-23-11(8-24(16(23)26)15-20-5-2-6-21-15)14(25)22-7-9-3-4-10(18)13(19)12(9)17/h2-6,11H,7-8H2,1H3,(H,22,25)/t11-/m0/s1. The third-order valence-corrected chi connectivity index (χ3v) is 4.43. The Morgan fingerprint density at radius 3 is 2.73 bits per heavy atom. The minimum Gasteiger partial charge on any atom is -0.350 e. The molecule has 1 atom stereocenters. The molecule has 1 aliphatic rings. The van der Waals surface area contributed by atoms with E-state index >= 15 is 0 Å². The molecule has 1 aromatic heterocycles. The van der Waals surface area contributed by atoms with Crippen molar-refractivity contribution in [2.45, 2.75) is 12.6 Å². The van der Waals surface area contributed by atoms with Gasteiger partial charge in [-0.1, -0.05) is 17.7 Å². The first kappa shape index (κ1) is 18.0. The lowest BCUT2D eigenvalue weighted by molar-refractivity contribution is -0.124. The number of aromatic nitrogens is 2. The molecule has 7 nitrogen and oxygen atoms in total. The Morgan fingerprint density at radius 2 is 2.04 bits per heavy atom. The number of benzene rings is 1. The zero-order valence-electron chi connectivity index (χ0n) is 13.6. The molecule has 0 bridgehead atoms. The van der Waals surface area contributed by atoms with E-state index in [2.05, 4.69) is 15.3 Å². The molecule has 1 fully saturated rings. The molecule has 0 saturated carbocycles. The van der Waals surface area contributed by atoms with Crippen molar-refractivity contribution < 1.29 is 18.4 Å². The molecule has 2 aromatic rings. The molecule has 10 heteroatoms. The van der Waals surface area contributed by atoms with Gasteiger partial charge in [0.1, 0.15) is 6.04 Å². The molecule has 0 radical (unpaired) electrons. The summed E-state index contributed by atoms with van der Waals surface area (Å²) in [6, 6.07) is 2.64. The average molecular weight is 382 g/mol. The fourth-order valence-corrected chi connectivity index (χ4v) is 2.78. The summed E-state index contributed by atoms with van der Waals surface area (Å²) in [5.74, 6) is -2.49. The molecule has 3 rings (SSSR count). The molecule has 1 N–H and O–H groups in total. The number of hydrogen-bond acceptors (Lipinski definition) is 4. The second-order valence-electron chi connectivity index (χ2n) is 5.62. The van der Waals surface area contributed by atoms with Crippen molar-refractivity contribution in [2.24, 2.45) is 0 Å². The summed E-state index contributed by atoms with van der Waals surface area (Å²) >= 11 is 5.74. The Morgan fingerprint density at radius 1 is 1.35 bits per heavy atom. The zero-order valence-corrected chi connectivity index (χ0v) is 14.4. The van der Waals surface area contributed by atoms with Gasteiger partial charge in [0, 0.05) is 26.0 Å². The minimum atomic E-state index is -1.17. The predicted octanol–water partition coefficient (Wildman–Crippen LogP) is 1.96. The van der Waals surface area contributed by atoms with Gasteiger partial charge in [-0.3, -0.25) is 9.69 Å². The summed E-state index contributed by atoms with van der Waals surface area (Å²) in [7, 11) is 1.49. The summed E-state index contributed by atoms with van der Waals surface area (Å²) in [4.78, 5) is 35.3. The van der Waals surface area contributed by atoms with E-state index in [-0.39, 0.29) is 29.6 Å². The van der Waals surface area contributed by atoms with E-state index in [0.29, 0.717) is 0 Å². The van der Waals surface area contributed by atoms with Crippen LogP contribution in [0.2, 0.25) is 5.02 Å². The Bertz CT molecular complexity index is 852. The van der Waals surface area contributed by atoms with Gasteiger partial charge in [0.2, 0.25) is 11.9 Å². The Balaban J connectivity index is 1.69. The van der Waals surface area contributed by atoms with E-state index in [1.165, 1.54) is 35.3 Å². The number of urea groups is 1. The van der Waals surface area contributed by atoms with Crippen molar-refractivity contribution in [3.05, 3.63) is 52.8 Å². The first-order valence-electron chi connectivity index (χ1n) is 7.61. The fraction of sp³-hybridized carbons (Fsp3) is 0.250. The highest BCUT2D eigenvalue weighted by Gasteiger charge is 2.40. The highest BCUT2D eigenvalue weighted by Crippen LogP contribution is 2.23. The molecular formula is C16H14ClF2N5O2. The van der Waals surface area contributed by atoms with Crippen molar-refractivity contribution in [2.75, 3.05) is 18.5 Å². The van der Waals surface area contributed by atoms with Gasteiger partial charge in [0.15, 0.2) is 11.6 Å². The number of likely N-dealkylation sites (N-methyl/N-ethyl adjacent to an activating group) is 1. The molecule has 1 aromatic carbocycles. The molecule has 2 heterocycles. The monoisotopic (exact) mass is 381 g/mol. The van der Waals surface area contributed by atoms with Crippen LogP contribution in [0.1, 0.15) is 5.56 Å². The van der Waals surface area contributed by atoms with E-state index < -0.39 is 29.6 Å². The molecule has 136 valence electrons. The highest BCUT2D eigenvalue weighted by atomic mass is 35.5. The van der Waals surface area contributed by atoms with Gasteiger partial charge in [0.25, 0.3) is 0 Å². The second kappa shape index (κ2) is 7.20. The summed E-state index contributed by atoms with van der Waals surface area (Å²) < 4.78 is 26.6. The molecule has 0 unspecified atom stereocenters. The quantitative estimate of drug-likeness (QED) is 0.821. The first-order valence-corrected chi connectivity index (χ1v) is 7.99. The van der Waals surface area contributed by atoms with Crippen LogP contribution >= 0.6 is 11.6 Å². The molecule has 3 amide bonds. The zero-order chi connectivity index (χ0) is 18.8. The van der Waals surface area contributed by atoms with Gasteiger partial charge < -0.3 is 10.2 Å². The van der Waals surface area contributed by atoms with Crippen LogP contribution in [0.15, 0.2) is 30.6 Å². The number of halogens is 3. The maximum Gasteiger partial charge on any atom is 0.327 e. The van der Waals surface area contributed by atoms with Crippen molar-refractivity contribution in [3.8, 4) is 0 Å². The highest BCUT2D eigenvalue weighted by molar-refractivity contribution is 6.31. The van der Waals surface area contributed by atoms with Crippen LogP contribution < -0.4 is 10.2 Å². The largest absolute Gasteiger partial charge is 0.350 e. The summed E-state index contributed by atoms with van der Waals surface area (Å²) in [6.45, 7) is -0.0358. The predicted molar refractivity (Wildman–Crippen MR) is 89.5 cm³/mol. The smallest absolute Gasteiger partial charge is 0.327 e.